The van der Waals surface area contributed by atoms with Crippen LogP contribution in [0, 0.1) is 35.3 Å². The van der Waals surface area contributed by atoms with Gasteiger partial charge in [-0.15, -0.1) is 0 Å². The fourth-order valence-electron chi connectivity index (χ4n) is 3.47. The van der Waals surface area contributed by atoms with E-state index in [1.165, 1.54) is 60.7 Å². The van der Waals surface area contributed by atoms with Crippen LogP contribution in [0.15, 0.2) is 97.1 Å². The Kier molecular flexibility index (Phi) is 8.84. The van der Waals surface area contributed by atoms with E-state index >= 15 is 0 Å². The molecule has 0 aliphatic heterocycles. The van der Waals surface area contributed by atoms with Crippen LogP contribution >= 0.6 is 0 Å². The summed E-state index contributed by atoms with van der Waals surface area (Å²) in [5, 5.41) is -1.28. The van der Waals surface area contributed by atoms with Crippen molar-refractivity contribution in [2.45, 2.75) is 10.6 Å². The molecular weight excluding hydrogens is 636 g/mol. The Morgan fingerprint density at radius 1 is 0.513 bits per heavy atom. The number of hydrogen-bond acceptors (Lipinski definition) is 5. The van der Waals surface area contributed by atoms with Crippen molar-refractivity contribution in [1.82, 2.24) is 0 Å². The van der Waals surface area contributed by atoms with Crippen LogP contribution < -0.4 is 0 Å². The molecule has 4 aromatic rings. The zero-order chi connectivity index (χ0) is 27.9. The van der Waals surface area contributed by atoms with Gasteiger partial charge in [0.1, 0.15) is 0 Å². The second-order valence-electron chi connectivity index (χ2n) is 8.30. The predicted molar refractivity (Wildman–Crippen MR) is 140 cm³/mol. The third kappa shape index (κ3) is 8.53. The first-order chi connectivity index (χ1) is 18.6. The van der Waals surface area contributed by atoms with Crippen molar-refractivity contribution in [3.8, 4) is 23.7 Å². The predicted octanol–water partition coefficient (Wildman–Crippen LogP) is 5.24. The Morgan fingerprint density at radius 2 is 0.872 bits per heavy atom. The van der Waals surface area contributed by atoms with Crippen LogP contribution in [0.3, 0.4) is 0 Å². The topological polar surface area (TPSA) is 77.5 Å². The first-order valence-corrected chi connectivity index (χ1v) is 18.1. The molecular formula is C30H20F2O5Se2. The van der Waals surface area contributed by atoms with Gasteiger partial charge in [0.05, 0.1) is 0 Å². The van der Waals surface area contributed by atoms with E-state index in [0.29, 0.717) is 22.3 Å². The summed E-state index contributed by atoms with van der Waals surface area (Å²) in [5.74, 6) is 10.6. The molecule has 0 N–H and O–H groups in total. The molecule has 0 spiro atoms. The van der Waals surface area contributed by atoms with Gasteiger partial charge in [-0.2, -0.15) is 0 Å². The molecule has 196 valence electrons. The normalized spacial score (nSPS) is 11.1. The molecule has 9 heteroatoms. The zero-order valence-corrected chi connectivity index (χ0v) is 23.7. The third-order valence-corrected chi connectivity index (χ3v) is 13.5. The summed E-state index contributed by atoms with van der Waals surface area (Å²) in [6.07, 6.45) is 0. The molecule has 0 heterocycles. The van der Waals surface area contributed by atoms with Crippen molar-refractivity contribution in [2.24, 2.45) is 0 Å². The molecule has 0 amide bonds. The van der Waals surface area contributed by atoms with Crippen LogP contribution in [-0.2, 0) is 28.9 Å². The molecule has 0 aliphatic carbocycles. The molecule has 4 aromatic carbocycles. The van der Waals surface area contributed by atoms with Gasteiger partial charge in [0.15, 0.2) is 0 Å². The zero-order valence-electron chi connectivity index (χ0n) is 20.3. The second-order valence-corrected chi connectivity index (χ2v) is 16.0. The molecule has 0 saturated heterocycles. The molecule has 4 rings (SSSR count). The minimum absolute atomic E-state index is 0.287. The summed E-state index contributed by atoms with van der Waals surface area (Å²) in [6, 6.07) is 23.9. The van der Waals surface area contributed by atoms with Gasteiger partial charge < -0.3 is 0 Å². The van der Waals surface area contributed by atoms with Crippen LogP contribution in [0.2, 0.25) is 0 Å². The number of benzene rings is 4. The van der Waals surface area contributed by atoms with Crippen LogP contribution in [0.4, 0.5) is 8.78 Å². The van der Waals surface area contributed by atoms with E-state index in [4.69, 9.17) is 2.90 Å². The van der Waals surface area contributed by atoms with Gasteiger partial charge in [-0.3, -0.25) is 0 Å². The Bertz CT molecular complexity index is 1690. The summed E-state index contributed by atoms with van der Waals surface area (Å²) in [5.41, 5.74) is 2.40. The molecule has 0 aliphatic rings. The molecule has 5 nitrogen and oxygen atoms in total. The summed E-state index contributed by atoms with van der Waals surface area (Å²) < 4.78 is 82.4. The molecule has 39 heavy (non-hydrogen) atoms. The molecule has 0 radical (unpaired) electrons. The fraction of sp³-hybridized carbons (Fsp3) is 0.0667. The van der Waals surface area contributed by atoms with Crippen molar-refractivity contribution < 1.29 is 27.0 Å². The van der Waals surface area contributed by atoms with E-state index in [1.54, 1.807) is 36.4 Å². The van der Waals surface area contributed by atoms with Crippen molar-refractivity contribution in [2.75, 3.05) is 0 Å². The van der Waals surface area contributed by atoms with E-state index in [9.17, 15) is 24.1 Å². The maximum atomic E-state index is 13.1. The summed E-state index contributed by atoms with van der Waals surface area (Å²) in [6.45, 7) is 0. The molecule has 0 saturated carbocycles. The monoisotopic (exact) mass is 658 g/mol. The van der Waals surface area contributed by atoms with Gasteiger partial charge >= 0.3 is 229 Å². The van der Waals surface area contributed by atoms with Crippen LogP contribution in [0.5, 0.6) is 0 Å². The van der Waals surface area contributed by atoms with Gasteiger partial charge in [0.2, 0.25) is 0 Å². The maximum absolute atomic E-state index is 13.1. The molecule has 0 fully saturated rings. The van der Waals surface area contributed by atoms with Crippen molar-refractivity contribution in [3.63, 3.8) is 0 Å². The third-order valence-electron chi connectivity index (χ3n) is 5.28. The quantitative estimate of drug-likeness (QED) is 0.210. The molecule has 0 bridgehead atoms. The van der Waals surface area contributed by atoms with Crippen molar-refractivity contribution in [1.29, 1.82) is 0 Å². The van der Waals surface area contributed by atoms with E-state index < -0.39 is 48.4 Å². The number of halogens is 2. The van der Waals surface area contributed by atoms with Gasteiger partial charge in [-0.25, -0.2) is 0 Å². The summed E-state index contributed by atoms with van der Waals surface area (Å²) in [4.78, 5) is 0. The van der Waals surface area contributed by atoms with Crippen LogP contribution in [0.25, 0.3) is 0 Å². The minimum atomic E-state index is -5.43. The van der Waals surface area contributed by atoms with Crippen molar-refractivity contribution >= 4 is 26.1 Å². The van der Waals surface area contributed by atoms with E-state index in [2.05, 4.69) is 23.7 Å². The van der Waals surface area contributed by atoms with E-state index in [0.717, 1.165) is 0 Å². The van der Waals surface area contributed by atoms with Gasteiger partial charge in [-0.1, -0.05) is 0 Å². The Labute approximate surface area is 228 Å². The molecule has 0 unspecified atom stereocenters. The Morgan fingerprint density at radius 3 is 1.26 bits per heavy atom. The standard InChI is InChI=1S/C30H20F2O5Se2/c31-29-17-11-23(12-18-29)9-15-25-5-1-3-7-27(25)21-38(33,34)37-39(35,36)22-28-8-4-2-6-26(28)16-10-24-13-19-30(32)20-14-24/h1-8,11-14,17-20H,21-22H2. The van der Waals surface area contributed by atoms with Gasteiger partial charge in [0.25, 0.3) is 0 Å². The van der Waals surface area contributed by atoms with Gasteiger partial charge in [-0.05, 0) is 0 Å². The molecule has 0 aromatic heterocycles. The average molecular weight is 656 g/mol. The Hall–Kier alpha value is -3.94. The van der Waals surface area contributed by atoms with E-state index in [1.807, 2.05) is 0 Å². The SMILES string of the molecule is O=[Se](=O)(Cc1ccccc1C#Cc1ccc(F)cc1)O[Se](=O)(=O)Cc1ccccc1C#Cc1ccc(F)cc1. The van der Waals surface area contributed by atoms with Gasteiger partial charge in [0, 0.05) is 0 Å². The number of hydrogen-bond donors (Lipinski definition) is 0. The number of rotatable bonds is 6. The van der Waals surface area contributed by atoms with Crippen LogP contribution in [0.1, 0.15) is 33.4 Å². The van der Waals surface area contributed by atoms with E-state index in [-0.39, 0.29) is 11.1 Å². The fourth-order valence-corrected chi connectivity index (χ4v) is 11.5. The van der Waals surface area contributed by atoms with Crippen molar-refractivity contribution in [3.05, 3.63) is 142 Å². The summed E-state index contributed by atoms with van der Waals surface area (Å²) in [7, 11) is 0. The molecule has 0 atom stereocenters. The second kappa shape index (κ2) is 12.3. The average Bonchev–Trinajstić information content (AvgIpc) is 2.88. The first-order valence-electron chi connectivity index (χ1n) is 11.5. The van der Waals surface area contributed by atoms with Crippen LogP contribution in [-0.4, -0.2) is 26.1 Å². The summed E-state index contributed by atoms with van der Waals surface area (Å²) >= 11 is -10.9. The Balaban J connectivity index is 1.51. The first kappa shape index (κ1) is 28.1.